The van der Waals surface area contributed by atoms with E-state index in [0.29, 0.717) is 6.07 Å². The third-order valence-electron chi connectivity index (χ3n) is 4.47. The maximum Gasteiger partial charge on any atom is 0.164 e. The number of hydrogen-bond donors (Lipinski definition) is 0. The minimum absolute atomic E-state index is 0.0768. The molecule has 0 amide bonds. The largest absolute Gasteiger partial charge is 0.243 e. The van der Waals surface area contributed by atoms with Crippen LogP contribution in [-0.2, 0) is 0 Å². The van der Waals surface area contributed by atoms with Gasteiger partial charge in [-0.2, -0.15) is 0 Å². The van der Waals surface area contributed by atoms with Crippen LogP contribution in [0.3, 0.4) is 0 Å². The second kappa shape index (κ2) is 8.08. The van der Waals surface area contributed by atoms with E-state index in [1.165, 1.54) is 13.8 Å². The van der Waals surface area contributed by atoms with Gasteiger partial charge in [0.1, 0.15) is 23.5 Å². The van der Waals surface area contributed by atoms with Crippen molar-refractivity contribution in [3.8, 4) is 11.8 Å². The number of alkyl halides is 2. The van der Waals surface area contributed by atoms with E-state index in [1.54, 1.807) is 0 Å². The fourth-order valence-corrected chi connectivity index (χ4v) is 2.59. The van der Waals surface area contributed by atoms with Crippen molar-refractivity contribution < 1.29 is 26.3 Å². The van der Waals surface area contributed by atoms with Crippen molar-refractivity contribution in [2.24, 2.45) is 5.92 Å². The van der Waals surface area contributed by atoms with Gasteiger partial charge >= 0.3 is 0 Å². The van der Waals surface area contributed by atoms with Gasteiger partial charge in [-0.05, 0) is 38.5 Å². The summed E-state index contributed by atoms with van der Waals surface area (Å²) in [7, 11) is 0. The van der Waals surface area contributed by atoms with Crippen LogP contribution in [0.5, 0.6) is 0 Å². The van der Waals surface area contributed by atoms with Gasteiger partial charge in [0, 0.05) is 18.1 Å². The fraction of sp³-hybridized carbons (Fsp3) is 0.333. The Kier molecular flexibility index (Phi) is 6.25. The fourth-order valence-electron chi connectivity index (χ4n) is 2.59. The molecule has 0 fully saturated rings. The minimum atomic E-state index is -2.20. The van der Waals surface area contributed by atoms with E-state index in [9.17, 15) is 26.3 Å². The molecule has 2 aromatic rings. The lowest BCUT2D eigenvalue weighted by Gasteiger charge is -2.26. The van der Waals surface area contributed by atoms with Crippen LogP contribution in [0.25, 0.3) is 0 Å². The molecule has 0 bridgehead atoms. The van der Waals surface area contributed by atoms with Crippen molar-refractivity contribution in [2.75, 3.05) is 0 Å². The van der Waals surface area contributed by atoms with Gasteiger partial charge in [-0.15, -0.1) is 0 Å². The van der Waals surface area contributed by atoms with Crippen molar-refractivity contribution in [3.05, 3.63) is 70.3 Å². The molecule has 27 heavy (non-hydrogen) atoms. The van der Waals surface area contributed by atoms with Gasteiger partial charge in [-0.3, -0.25) is 0 Å². The molecule has 0 aliphatic rings. The summed E-state index contributed by atoms with van der Waals surface area (Å²) < 4.78 is 83.1. The molecule has 0 heterocycles. The predicted octanol–water partition coefficient (Wildman–Crippen LogP) is 6.37. The molecule has 2 aromatic carbocycles. The first-order valence-corrected chi connectivity index (χ1v) is 8.27. The van der Waals surface area contributed by atoms with E-state index in [-0.39, 0.29) is 11.1 Å². The Labute approximate surface area is 154 Å². The maximum atomic E-state index is 14.9. The summed E-state index contributed by atoms with van der Waals surface area (Å²) in [4.78, 5) is 0. The molecule has 3 atom stereocenters. The molecule has 0 saturated carbocycles. The van der Waals surface area contributed by atoms with Crippen molar-refractivity contribution in [1.82, 2.24) is 0 Å². The summed E-state index contributed by atoms with van der Waals surface area (Å²) in [5.41, 5.74) is -2.60. The number of halogens is 6. The third kappa shape index (κ3) is 4.85. The molecule has 0 radical (unpaired) electrons. The highest BCUT2D eigenvalue weighted by Crippen LogP contribution is 2.36. The topological polar surface area (TPSA) is 0 Å². The first-order chi connectivity index (χ1) is 12.5. The Bertz CT molecular complexity index is 868. The van der Waals surface area contributed by atoms with E-state index < -0.39 is 53.0 Å². The average Bonchev–Trinajstić information content (AvgIpc) is 2.55. The third-order valence-corrected chi connectivity index (χ3v) is 4.47. The van der Waals surface area contributed by atoms with Crippen LogP contribution in [0.1, 0.15) is 43.1 Å². The van der Waals surface area contributed by atoms with Gasteiger partial charge in [-0.1, -0.05) is 24.0 Å². The molecule has 0 N–H and O–H groups in total. The Morgan fingerprint density at radius 2 is 1.74 bits per heavy atom. The number of benzene rings is 2. The van der Waals surface area contributed by atoms with Crippen LogP contribution in [-0.4, -0.2) is 5.67 Å². The van der Waals surface area contributed by atoms with Crippen LogP contribution < -0.4 is 0 Å². The van der Waals surface area contributed by atoms with Crippen LogP contribution in [0.4, 0.5) is 26.3 Å². The molecular formula is C21H18F6. The lowest BCUT2D eigenvalue weighted by molar-refractivity contribution is 0.0903. The van der Waals surface area contributed by atoms with Gasteiger partial charge in [0.15, 0.2) is 11.6 Å². The first kappa shape index (κ1) is 20.9. The molecule has 2 rings (SSSR count). The second-order valence-corrected chi connectivity index (χ2v) is 6.66. The molecule has 6 heteroatoms. The Morgan fingerprint density at radius 1 is 1.07 bits per heavy atom. The zero-order valence-corrected chi connectivity index (χ0v) is 15.0. The van der Waals surface area contributed by atoms with Crippen molar-refractivity contribution in [1.29, 1.82) is 0 Å². The van der Waals surface area contributed by atoms with E-state index in [2.05, 4.69) is 11.8 Å². The Balaban J connectivity index is 2.21. The van der Waals surface area contributed by atoms with Crippen molar-refractivity contribution in [3.63, 3.8) is 0 Å². The van der Waals surface area contributed by atoms with Crippen LogP contribution >= 0.6 is 0 Å². The van der Waals surface area contributed by atoms with Gasteiger partial charge < -0.3 is 0 Å². The first-order valence-electron chi connectivity index (χ1n) is 8.27. The second-order valence-electron chi connectivity index (χ2n) is 6.66. The Hall–Kier alpha value is -2.42. The van der Waals surface area contributed by atoms with Gasteiger partial charge in [0.25, 0.3) is 0 Å². The van der Waals surface area contributed by atoms with E-state index in [0.717, 1.165) is 31.2 Å². The smallest absolute Gasteiger partial charge is 0.164 e. The zero-order chi connectivity index (χ0) is 20.4. The van der Waals surface area contributed by atoms with Crippen LogP contribution in [0.15, 0.2) is 30.3 Å². The zero-order valence-electron chi connectivity index (χ0n) is 15.0. The van der Waals surface area contributed by atoms with E-state index >= 15 is 0 Å². The summed E-state index contributed by atoms with van der Waals surface area (Å²) >= 11 is 0. The van der Waals surface area contributed by atoms with Crippen LogP contribution in [0.2, 0.25) is 0 Å². The quantitative estimate of drug-likeness (QED) is 0.425. The highest BCUT2D eigenvalue weighted by atomic mass is 19.2. The van der Waals surface area contributed by atoms with Crippen LogP contribution in [0, 0.1) is 48.0 Å². The molecule has 0 nitrogen and oxygen atoms in total. The molecule has 0 spiro atoms. The van der Waals surface area contributed by atoms with Gasteiger partial charge in [-0.25, -0.2) is 26.3 Å². The highest BCUT2D eigenvalue weighted by molar-refractivity contribution is 5.42. The molecule has 0 aliphatic heterocycles. The normalized spacial score (nSPS) is 15.4. The predicted molar refractivity (Wildman–Crippen MR) is 91.5 cm³/mol. The number of hydrogen-bond acceptors (Lipinski definition) is 0. The van der Waals surface area contributed by atoms with E-state index in [1.807, 2.05) is 0 Å². The molecular weight excluding hydrogens is 366 g/mol. The highest BCUT2D eigenvalue weighted by Gasteiger charge is 2.35. The summed E-state index contributed by atoms with van der Waals surface area (Å²) in [6, 6.07) is 4.79. The van der Waals surface area contributed by atoms with Crippen molar-refractivity contribution >= 4 is 0 Å². The van der Waals surface area contributed by atoms with E-state index in [4.69, 9.17) is 0 Å². The lowest BCUT2D eigenvalue weighted by Crippen LogP contribution is -2.28. The number of rotatable bonds is 4. The summed E-state index contributed by atoms with van der Waals surface area (Å²) in [6.07, 6.45) is -2.84. The number of aryl methyl sites for hydroxylation is 1. The van der Waals surface area contributed by atoms with Gasteiger partial charge in [0.05, 0.1) is 11.5 Å². The SMILES string of the molecule is Cc1cc(F)cc(F)c1C#CC(C)C(C)(F)CC(F)c1cccc(F)c1F. The van der Waals surface area contributed by atoms with Crippen molar-refractivity contribution in [2.45, 2.75) is 39.0 Å². The maximum absolute atomic E-state index is 14.9. The monoisotopic (exact) mass is 384 g/mol. The Morgan fingerprint density at radius 3 is 2.37 bits per heavy atom. The molecule has 0 aliphatic carbocycles. The molecule has 0 saturated heterocycles. The van der Waals surface area contributed by atoms with Gasteiger partial charge in [0.2, 0.25) is 0 Å². The molecule has 0 aromatic heterocycles. The molecule has 3 unspecified atom stereocenters. The minimum Gasteiger partial charge on any atom is -0.243 e. The molecule has 144 valence electrons. The summed E-state index contributed by atoms with van der Waals surface area (Å²) in [5, 5.41) is 0. The lowest BCUT2D eigenvalue weighted by atomic mass is 9.86. The standard InChI is InChI=1S/C21H18F6/c1-12-9-14(22)10-18(24)15(12)8-7-13(2)21(3,27)11-19(25)16-5-4-6-17(23)20(16)26/h4-6,9-10,13,19H,11H2,1-3H3. The summed E-state index contributed by atoms with van der Waals surface area (Å²) in [5.74, 6) is -0.289. The summed E-state index contributed by atoms with van der Waals surface area (Å²) in [6.45, 7) is 3.92. The average molecular weight is 384 g/mol.